The molecule has 2 rings (SSSR count). The number of hydrogen-bond acceptors (Lipinski definition) is 4. The van der Waals surface area contributed by atoms with Crippen LogP contribution in [0.5, 0.6) is 0 Å². The van der Waals surface area contributed by atoms with Gasteiger partial charge in [0.1, 0.15) is 5.82 Å². The fourth-order valence-electron chi connectivity index (χ4n) is 1.83. The maximum absolute atomic E-state index is 12.0. The van der Waals surface area contributed by atoms with Gasteiger partial charge in [-0.3, -0.25) is 13.9 Å². The highest BCUT2D eigenvalue weighted by Gasteiger charge is 2.15. The van der Waals surface area contributed by atoms with Gasteiger partial charge in [-0.2, -0.15) is 0 Å². The third-order valence-corrected chi connectivity index (χ3v) is 2.89. The molecule has 0 bridgehead atoms. The molecule has 0 fully saturated rings. The van der Waals surface area contributed by atoms with Gasteiger partial charge in [0.15, 0.2) is 11.2 Å². The van der Waals surface area contributed by atoms with Gasteiger partial charge in [-0.1, -0.05) is 0 Å². The number of nitrogens with zero attached hydrogens (tertiary/aromatic N) is 4. The predicted molar refractivity (Wildman–Crippen MR) is 67.9 cm³/mol. The van der Waals surface area contributed by atoms with Crippen molar-refractivity contribution in [1.82, 2.24) is 18.7 Å². The Hall–Kier alpha value is -2.64. The SMILES string of the molecule is Cn1c(=O)c2c(nc(C=CC(=O)O)n2C)n(C)c1=O. The number of carbonyl (C=O) groups is 1. The molecule has 1 N–H and O–H groups in total. The van der Waals surface area contributed by atoms with Gasteiger partial charge in [0.2, 0.25) is 0 Å². The molecule has 8 heteroatoms. The van der Waals surface area contributed by atoms with Crippen molar-refractivity contribution in [2.45, 2.75) is 0 Å². The van der Waals surface area contributed by atoms with Crippen LogP contribution in [-0.4, -0.2) is 29.8 Å². The molecule has 0 aliphatic heterocycles. The Morgan fingerprint density at radius 1 is 1.16 bits per heavy atom. The summed E-state index contributed by atoms with van der Waals surface area (Å²) < 4.78 is 3.68. The van der Waals surface area contributed by atoms with Crippen molar-refractivity contribution in [3.05, 3.63) is 32.7 Å². The Bertz CT molecular complexity index is 822. The normalized spacial score (nSPS) is 11.5. The molecule has 0 radical (unpaired) electrons. The van der Waals surface area contributed by atoms with E-state index < -0.39 is 17.2 Å². The van der Waals surface area contributed by atoms with Crippen molar-refractivity contribution in [2.24, 2.45) is 21.1 Å². The lowest BCUT2D eigenvalue weighted by Crippen LogP contribution is -2.37. The van der Waals surface area contributed by atoms with Crippen LogP contribution >= 0.6 is 0 Å². The largest absolute Gasteiger partial charge is 0.478 e. The van der Waals surface area contributed by atoms with Crippen molar-refractivity contribution in [3.8, 4) is 0 Å². The lowest BCUT2D eigenvalue weighted by atomic mass is 10.4. The highest BCUT2D eigenvalue weighted by molar-refractivity contribution is 5.85. The summed E-state index contributed by atoms with van der Waals surface area (Å²) in [5.41, 5.74) is -0.484. The molecule has 0 amide bonds. The summed E-state index contributed by atoms with van der Waals surface area (Å²) in [6.45, 7) is 0. The van der Waals surface area contributed by atoms with E-state index in [1.807, 2.05) is 0 Å². The molecule has 100 valence electrons. The van der Waals surface area contributed by atoms with E-state index in [0.717, 1.165) is 10.6 Å². The molecule has 0 saturated carbocycles. The van der Waals surface area contributed by atoms with Crippen LogP contribution in [0.4, 0.5) is 0 Å². The number of rotatable bonds is 2. The first-order chi connectivity index (χ1) is 8.84. The van der Waals surface area contributed by atoms with Crippen molar-refractivity contribution < 1.29 is 9.90 Å². The van der Waals surface area contributed by atoms with E-state index in [4.69, 9.17) is 5.11 Å². The number of aryl methyl sites for hydroxylation is 2. The lowest BCUT2D eigenvalue weighted by molar-refractivity contribution is -0.131. The number of aliphatic carboxylic acids is 1. The van der Waals surface area contributed by atoms with Gasteiger partial charge in [-0.15, -0.1) is 0 Å². The van der Waals surface area contributed by atoms with E-state index in [2.05, 4.69) is 4.98 Å². The minimum absolute atomic E-state index is 0.223. The Labute approximate surface area is 106 Å². The molecular formula is C11H12N4O4. The second-order valence-electron chi connectivity index (χ2n) is 4.08. The monoisotopic (exact) mass is 264 g/mol. The standard InChI is InChI=1S/C11H12N4O4/c1-13-6(4-5-7(16)17)12-9-8(13)10(18)15(3)11(19)14(9)2/h4-5H,1-3H3,(H,16,17). The zero-order chi connectivity index (χ0) is 14.3. The van der Waals surface area contributed by atoms with Crippen LogP contribution < -0.4 is 11.2 Å². The number of carboxylic acids is 1. The van der Waals surface area contributed by atoms with Crippen LogP contribution in [0.25, 0.3) is 17.2 Å². The quantitative estimate of drug-likeness (QED) is 0.706. The smallest absolute Gasteiger partial charge is 0.332 e. The summed E-state index contributed by atoms with van der Waals surface area (Å²) >= 11 is 0. The summed E-state index contributed by atoms with van der Waals surface area (Å²) in [5.74, 6) is -0.829. The van der Waals surface area contributed by atoms with Gasteiger partial charge in [0, 0.05) is 27.2 Å². The maximum Gasteiger partial charge on any atom is 0.332 e. The van der Waals surface area contributed by atoms with Crippen LogP contribution in [0.1, 0.15) is 5.82 Å². The van der Waals surface area contributed by atoms with Gasteiger partial charge in [-0.05, 0) is 6.08 Å². The Balaban J connectivity index is 2.89. The minimum atomic E-state index is -1.12. The minimum Gasteiger partial charge on any atom is -0.478 e. The van der Waals surface area contributed by atoms with E-state index >= 15 is 0 Å². The molecule has 2 aromatic rings. The average Bonchev–Trinajstić information content (AvgIpc) is 2.69. The third-order valence-electron chi connectivity index (χ3n) is 2.89. The molecule has 0 aromatic carbocycles. The molecular weight excluding hydrogens is 252 g/mol. The first kappa shape index (κ1) is 12.8. The number of imidazole rings is 1. The Morgan fingerprint density at radius 3 is 2.37 bits per heavy atom. The molecule has 0 aliphatic carbocycles. The average molecular weight is 264 g/mol. The fraction of sp³-hybridized carbons (Fsp3) is 0.273. The molecule has 19 heavy (non-hydrogen) atoms. The molecule has 8 nitrogen and oxygen atoms in total. The number of aromatic nitrogens is 4. The van der Waals surface area contributed by atoms with Crippen LogP contribution in [0.15, 0.2) is 15.7 Å². The van der Waals surface area contributed by atoms with Crippen LogP contribution in [0, 0.1) is 0 Å². The summed E-state index contributed by atoms with van der Waals surface area (Å²) in [5, 5.41) is 8.59. The summed E-state index contributed by atoms with van der Waals surface area (Å²) in [4.78, 5) is 38.4. The van der Waals surface area contributed by atoms with E-state index in [-0.39, 0.29) is 17.0 Å². The number of carboxylic acid groups (broad SMARTS) is 1. The van der Waals surface area contributed by atoms with E-state index in [9.17, 15) is 14.4 Å². The zero-order valence-electron chi connectivity index (χ0n) is 10.6. The Morgan fingerprint density at radius 2 is 1.79 bits per heavy atom. The highest BCUT2D eigenvalue weighted by Crippen LogP contribution is 2.09. The number of hydrogen-bond donors (Lipinski definition) is 1. The van der Waals surface area contributed by atoms with Crippen LogP contribution in [0.2, 0.25) is 0 Å². The molecule has 0 saturated heterocycles. The summed E-state index contributed by atoms with van der Waals surface area (Å²) in [6.07, 6.45) is 2.19. The van der Waals surface area contributed by atoms with E-state index in [1.165, 1.54) is 29.3 Å². The first-order valence-corrected chi connectivity index (χ1v) is 5.38. The van der Waals surface area contributed by atoms with Crippen molar-refractivity contribution in [2.75, 3.05) is 0 Å². The predicted octanol–water partition coefficient (Wildman–Crippen LogP) is -0.931. The van der Waals surface area contributed by atoms with Crippen molar-refractivity contribution in [3.63, 3.8) is 0 Å². The van der Waals surface area contributed by atoms with Gasteiger partial charge >= 0.3 is 11.7 Å². The molecule has 0 atom stereocenters. The lowest BCUT2D eigenvalue weighted by Gasteiger charge is -2.02. The second-order valence-corrected chi connectivity index (χ2v) is 4.08. The van der Waals surface area contributed by atoms with E-state index in [0.29, 0.717) is 0 Å². The van der Waals surface area contributed by atoms with Crippen molar-refractivity contribution >= 4 is 23.2 Å². The molecule has 0 unspecified atom stereocenters. The highest BCUT2D eigenvalue weighted by atomic mass is 16.4. The Kier molecular flexibility index (Phi) is 2.85. The van der Waals surface area contributed by atoms with Gasteiger partial charge < -0.3 is 9.67 Å². The molecule has 0 aliphatic rings. The zero-order valence-corrected chi connectivity index (χ0v) is 10.6. The van der Waals surface area contributed by atoms with E-state index in [1.54, 1.807) is 7.05 Å². The topological polar surface area (TPSA) is 99.1 Å². The van der Waals surface area contributed by atoms with Crippen LogP contribution in [-0.2, 0) is 25.9 Å². The van der Waals surface area contributed by atoms with Gasteiger partial charge in [0.05, 0.1) is 0 Å². The van der Waals surface area contributed by atoms with Gasteiger partial charge in [0.25, 0.3) is 5.56 Å². The summed E-state index contributed by atoms with van der Waals surface area (Å²) in [6, 6.07) is 0. The second kappa shape index (κ2) is 4.23. The first-order valence-electron chi connectivity index (χ1n) is 5.38. The van der Waals surface area contributed by atoms with Crippen molar-refractivity contribution in [1.29, 1.82) is 0 Å². The maximum atomic E-state index is 12.0. The summed E-state index contributed by atoms with van der Waals surface area (Å²) in [7, 11) is 4.47. The van der Waals surface area contributed by atoms with Crippen LogP contribution in [0.3, 0.4) is 0 Å². The molecule has 2 heterocycles. The van der Waals surface area contributed by atoms with Gasteiger partial charge in [-0.25, -0.2) is 14.6 Å². The molecule has 0 spiro atoms. The fourth-order valence-corrected chi connectivity index (χ4v) is 1.83. The molecule has 2 aromatic heterocycles. The third kappa shape index (κ3) is 1.86. The number of fused-ring (bicyclic) bond motifs is 1.